The van der Waals surface area contributed by atoms with Gasteiger partial charge < -0.3 is 4.74 Å². The fraction of sp³-hybridized carbons (Fsp3) is 0.400. The van der Waals surface area contributed by atoms with Crippen molar-refractivity contribution in [3.63, 3.8) is 0 Å². The summed E-state index contributed by atoms with van der Waals surface area (Å²) in [6, 6.07) is 6.36. The zero-order chi connectivity index (χ0) is 7.84. The second-order valence-corrected chi connectivity index (χ2v) is 3.24. The first-order valence-electron chi connectivity index (χ1n) is 4.02. The minimum Gasteiger partial charge on any atom is -0.490 e. The number of rotatable bonds is 0. The smallest absolute Gasteiger partial charge is 0.123 e. The van der Waals surface area contributed by atoms with Gasteiger partial charge in [-0.3, -0.25) is 0 Å². The molecule has 0 unspecified atom stereocenters. The SMILES string of the molecule is Cc1ccc2c(c1)C[C@H](C)O2. The predicted octanol–water partition coefficient (Wildman–Crippen LogP) is 2.32. The topological polar surface area (TPSA) is 9.23 Å². The van der Waals surface area contributed by atoms with E-state index in [1.807, 2.05) is 0 Å². The van der Waals surface area contributed by atoms with E-state index in [2.05, 4.69) is 32.0 Å². The lowest BCUT2D eigenvalue weighted by Gasteiger charge is -2.01. The van der Waals surface area contributed by atoms with Crippen molar-refractivity contribution < 1.29 is 4.74 Å². The van der Waals surface area contributed by atoms with Gasteiger partial charge in [0.15, 0.2) is 0 Å². The van der Waals surface area contributed by atoms with Gasteiger partial charge in [-0.2, -0.15) is 0 Å². The van der Waals surface area contributed by atoms with Crippen molar-refractivity contribution in [2.24, 2.45) is 0 Å². The second kappa shape index (κ2) is 2.26. The van der Waals surface area contributed by atoms with Crippen LogP contribution < -0.4 is 4.74 Å². The molecule has 0 aromatic heterocycles. The number of hydrogen-bond acceptors (Lipinski definition) is 1. The second-order valence-electron chi connectivity index (χ2n) is 3.24. The quantitative estimate of drug-likeness (QED) is 0.548. The number of aryl methyl sites for hydroxylation is 1. The predicted molar refractivity (Wildman–Crippen MR) is 45.0 cm³/mol. The number of hydrogen-bond donors (Lipinski definition) is 0. The molecule has 1 aromatic rings. The van der Waals surface area contributed by atoms with E-state index in [0.717, 1.165) is 12.2 Å². The Morgan fingerprint density at radius 3 is 3.09 bits per heavy atom. The van der Waals surface area contributed by atoms with Gasteiger partial charge in [-0.05, 0) is 25.5 Å². The van der Waals surface area contributed by atoms with Crippen LogP contribution in [0.15, 0.2) is 18.2 Å². The van der Waals surface area contributed by atoms with E-state index in [1.54, 1.807) is 0 Å². The first kappa shape index (κ1) is 6.71. The standard InChI is InChI=1S/C10H12O/c1-7-3-4-10-9(5-7)6-8(2)11-10/h3-5,8H,6H2,1-2H3/t8-/m0/s1. The summed E-state index contributed by atoms with van der Waals surface area (Å²) in [6.45, 7) is 4.22. The summed E-state index contributed by atoms with van der Waals surface area (Å²) in [7, 11) is 0. The van der Waals surface area contributed by atoms with E-state index in [0.29, 0.717) is 6.10 Å². The Bertz CT molecular complexity index is 278. The molecule has 0 saturated heterocycles. The summed E-state index contributed by atoms with van der Waals surface area (Å²) < 4.78 is 5.56. The third-order valence-electron chi connectivity index (χ3n) is 2.05. The molecule has 0 amide bonds. The summed E-state index contributed by atoms with van der Waals surface area (Å²) in [5, 5.41) is 0. The molecule has 0 fully saturated rings. The Morgan fingerprint density at radius 1 is 1.45 bits per heavy atom. The number of benzene rings is 1. The van der Waals surface area contributed by atoms with Crippen LogP contribution in [0, 0.1) is 6.92 Å². The van der Waals surface area contributed by atoms with Crippen molar-refractivity contribution in [3.8, 4) is 5.75 Å². The van der Waals surface area contributed by atoms with Crippen molar-refractivity contribution in [1.82, 2.24) is 0 Å². The first-order chi connectivity index (χ1) is 5.25. The fourth-order valence-corrected chi connectivity index (χ4v) is 1.55. The molecular weight excluding hydrogens is 136 g/mol. The van der Waals surface area contributed by atoms with E-state index in [9.17, 15) is 0 Å². The molecule has 2 rings (SSSR count). The summed E-state index contributed by atoms with van der Waals surface area (Å²) in [5.74, 6) is 1.07. The molecule has 1 nitrogen and oxygen atoms in total. The Kier molecular flexibility index (Phi) is 1.38. The lowest BCUT2D eigenvalue weighted by Crippen LogP contribution is -2.05. The van der Waals surface area contributed by atoms with Crippen LogP contribution in [0.1, 0.15) is 18.1 Å². The minimum atomic E-state index is 0.367. The molecule has 0 bridgehead atoms. The largest absolute Gasteiger partial charge is 0.490 e. The van der Waals surface area contributed by atoms with Crippen LogP contribution in [0.2, 0.25) is 0 Å². The fourth-order valence-electron chi connectivity index (χ4n) is 1.55. The van der Waals surface area contributed by atoms with E-state index in [-0.39, 0.29) is 0 Å². The van der Waals surface area contributed by atoms with Crippen molar-refractivity contribution in [3.05, 3.63) is 29.3 Å². The molecule has 0 spiro atoms. The normalized spacial score (nSPS) is 21.1. The Morgan fingerprint density at radius 2 is 2.27 bits per heavy atom. The zero-order valence-electron chi connectivity index (χ0n) is 6.92. The van der Waals surface area contributed by atoms with E-state index in [4.69, 9.17) is 4.74 Å². The maximum atomic E-state index is 5.56. The van der Waals surface area contributed by atoms with Crippen LogP contribution in [0.3, 0.4) is 0 Å². The molecular formula is C10H12O. The van der Waals surface area contributed by atoms with Gasteiger partial charge in [0.25, 0.3) is 0 Å². The third-order valence-corrected chi connectivity index (χ3v) is 2.05. The third kappa shape index (κ3) is 1.11. The molecule has 0 radical (unpaired) electrons. The highest BCUT2D eigenvalue weighted by Gasteiger charge is 2.17. The molecule has 1 aromatic carbocycles. The van der Waals surface area contributed by atoms with Gasteiger partial charge in [0.1, 0.15) is 11.9 Å². The maximum Gasteiger partial charge on any atom is 0.123 e. The molecule has 58 valence electrons. The van der Waals surface area contributed by atoms with Crippen LogP contribution >= 0.6 is 0 Å². The molecule has 0 saturated carbocycles. The van der Waals surface area contributed by atoms with Gasteiger partial charge in [0, 0.05) is 6.42 Å². The summed E-state index contributed by atoms with van der Waals surface area (Å²) in [6.07, 6.45) is 1.43. The van der Waals surface area contributed by atoms with Gasteiger partial charge in [0.05, 0.1) is 0 Å². The molecule has 1 heterocycles. The average Bonchev–Trinajstić information content (AvgIpc) is 2.27. The van der Waals surface area contributed by atoms with Gasteiger partial charge >= 0.3 is 0 Å². The van der Waals surface area contributed by atoms with Crippen LogP contribution in [-0.4, -0.2) is 6.10 Å². The highest BCUT2D eigenvalue weighted by Crippen LogP contribution is 2.28. The van der Waals surface area contributed by atoms with E-state index >= 15 is 0 Å². The zero-order valence-corrected chi connectivity index (χ0v) is 6.92. The lowest BCUT2D eigenvalue weighted by atomic mass is 10.1. The van der Waals surface area contributed by atoms with Gasteiger partial charge in [-0.15, -0.1) is 0 Å². The van der Waals surface area contributed by atoms with E-state index in [1.165, 1.54) is 11.1 Å². The monoisotopic (exact) mass is 148 g/mol. The Hall–Kier alpha value is -0.980. The van der Waals surface area contributed by atoms with Gasteiger partial charge in [-0.25, -0.2) is 0 Å². The molecule has 0 N–H and O–H groups in total. The molecule has 1 heteroatoms. The van der Waals surface area contributed by atoms with Crippen LogP contribution in [0.5, 0.6) is 5.75 Å². The molecule has 1 atom stereocenters. The van der Waals surface area contributed by atoms with Crippen LogP contribution in [0.25, 0.3) is 0 Å². The van der Waals surface area contributed by atoms with Crippen molar-refractivity contribution >= 4 is 0 Å². The first-order valence-corrected chi connectivity index (χ1v) is 4.02. The minimum absolute atomic E-state index is 0.367. The molecule has 11 heavy (non-hydrogen) atoms. The Balaban J connectivity index is 2.43. The van der Waals surface area contributed by atoms with E-state index < -0.39 is 0 Å². The van der Waals surface area contributed by atoms with Gasteiger partial charge in [-0.1, -0.05) is 17.7 Å². The summed E-state index contributed by atoms with van der Waals surface area (Å²) in [4.78, 5) is 0. The van der Waals surface area contributed by atoms with Crippen LogP contribution in [-0.2, 0) is 6.42 Å². The lowest BCUT2D eigenvalue weighted by molar-refractivity contribution is 0.254. The average molecular weight is 148 g/mol. The number of ether oxygens (including phenoxy) is 1. The van der Waals surface area contributed by atoms with Crippen molar-refractivity contribution in [2.75, 3.05) is 0 Å². The van der Waals surface area contributed by atoms with Crippen molar-refractivity contribution in [2.45, 2.75) is 26.4 Å². The molecule has 1 aliphatic heterocycles. The Labute approximate surface area is 67.0 Å². The van der Waals surface area contributed by atoms with Gasteiger partial charge in [0.2, 0.25) is 0 Å². The molecule has 1 aliphatic rings. The highest BCUT2D eigenvalue weighted by molar-refractivity contribution is 5.40. The number of fused-ring (bicyclic) bond motifs is 1. The summed E-state index contributed by atoms with van der Waals surface area (Å²) in [5.41, 5.74) is 2.68. The van der Waals surface area contributed by atoms with Crippen LogP contribution in [0.4, 0.5) is 0 Å². The molecule has 0 aliphatic carbocycles. The maximum absolute atomic E-state index is 5.56. The highest BCUT2D eigenvalue weighted by atomic mass is 16.5. The van der Waals surface area contributed by atoms with Crippen molar-refractivity contribution in [1.29, 1.82) is 0 Å². The summed E-state index contributed by atoms with van der Waals surface area (Å²) >= 11 is 0.